The van der Waals surface area contributed by atoms with Crippen LogP contribution in [0.4, 0.5) is 0 Å². The van der Waals surface area contributed by atoms with Crippen LogP contribution in [0.1, 0.15) is 5.69 Å². The molecule has 0 amide bonds. The van der Waals surface area contributed by atoms with Gasteiger partial charge in [0, 0.05) is 29.7 Å². The first-order chi connectivity index (χ1) is 6.77. The Hall–Kier alpha value is -1.97. The van der Waals surface area contributed by atoms with Crippen molar-refractivity contribution in [3.05, 3.63) is 46.6 Å². The standard InChI is InChI=1S/C10H9N3O/c1-7-8(3-4-9(14)13-7)10-11-5-2-6-12-10/h2-6H,1H3,(H,13,14). The van der Waals surface area contributed by atoms with E-state index in [1.165, 1.54) is 6.07 Å². The highest BCUT2D eigenvalue weighted by Gasteiger charge is 2.03. The van der Waals surface area contributed by atoms with Crippen LogP contribution in [0.15, 0.2) is 35.4 Å². The van der Waals surface area contributed by atoms with Crippen molar-refractivity contribution < 1.29 is 0 Å². The molecular weight excluding hydrogens is 178 g/mol. The van der Waals surface area contributed by atoms with Crippen LogP contribution in [0.25, 0.3) is 11.4 Å². The Bertz CT molecular complexity index is 490. The van der Waals surface area contributed by atoms with Crippen molar-refractivity contribution in [3.63, 3.8) is 0 Å². The molecule has 0 spiro atoms. The molecule has 2 heterocycles. The second-order valence-electron chi connectivity index (χ2n) is 2.93. The van der Waals surface area contributed by atoms with Crippen molar-refractivity contribution in [2.75, 3.05) is 0 Å². The Morgan fingerprint density at radius 3 is 2.57 bits per heavy atom. The fourth-order valence-corrected chi connectivity index (χ4v) is 1.26. The SMILES string of the molecule is Cc1[nH]c(=O)ccc1-c1ncccn1. The smallest absolute Gasteiger partial charge is 0.248 e. The van der Waals surface area contributed by atoms with Gasteiger partial charge in [-0.3, -0.25) is 4.79 Å². The molecule has 0 bridgehead atoms. The van der Waals surface area contributed by atoms with Crippen LogP contribution >= 0.6 is 0 Å². The van der Waals surface area contributed by atoms with Crippen molar-refractivity contribution in [1.82, 2.24) is 15.0 Å². The van der Waals surface area contributed by atoms with Gasteiger partial charge in [0.2, 0.25) is 5.56 Å². The molecule has 14 heavy (non-hydrogen) atoms. The lowest BCUT2D eigenvalue weighted by atomic mass is 10.2. The van der Waals surface area contributed by atoms with E-state index in [2.05, 4.69) is 15.0 Å². The van der Waals surface area contributed by atoms with E-state index in [0.29, 0.717) is 5.82 Å². The summed E-state index contributed by atoms with van der Waals surface area (Å²) in [6.45, 7) is 1.83. The lowest BCUT2D eigenvalue weighted by molar-refractivity contribution is 1.10. The number of pyridine rings is 1. The number of hydrogen-bond donors (Lipinski definition) is 1. The summed E-state index contributed by atoms with van der Waals surface area (Å²) in [5.41, 5.74) is 1.52. The van der Waals surface area contributed by atoms with Crippen molar-refractivity contribution in [1.29, 1.82) is 0 Å². The highest BCUT2D eigenvalue weighted by Crippen LogP contribution is 2.14. The van der Waals surface area contributed by atoms with Crippen molar-refractivity contribution in [2.24, 2.45) is 0 Å². The zero-order valence-corrected chi connectivity index (χ0v) is 7.69. The molecule has 0 saturated carbocycles. The third-order valence-corrected chi connectivity index (χ3v) is 1.92. The molecule has 4 nitrogen and oxygen atoms in total. The summed E-state index contributed by atoms with van der Waals surface area (Å²) >= 11 is 0. The molecule has 2 aromatic heterocycles. The minimum Gasteiger partial charge on any atom is -0.326 e. The van der Waals surface area contributed by atoms with Crippen LogP contribution in [0.5, 0.6) is 0 Å². The fraction of sp³-hybridized carbons (Fsp3) is 0.100. The molecular formula is C10H9N3O. The third-order valence-electron chi connectivity index (χ3n) is 1.92. The van der Waals surface area contributed by atoms with Gasteiger partial charge in [-0.1, -0.05) is 0 Å². The Kier molecular flexibility index (Phi) is 2.10. The third kappa shape index (κ3) is 1.54. The van der Waals surface area contributed by atoms with Crippen LogP contribution in [0.3, 0.4) is 0 Å². The molecule has 1 N–H and O–H groups in total. The molecule has 4 heteroatoms. The normalized spacial score (nSPS) is 10.1. The number of aryl methyl sites for hydroxylation is 1. The highest BCUT2D eigenvalue weighted by atomic mass is 16.1. The predicted octanol–water partition coefficient (Wildman–Crippen LogP) is 1.14. The molecule has 0 aliphatic carbocycles. The second-order valence-corrected chi connectivity index (χ2v) is 2.93. The average molecular weight is 187 g/mol. The zero-order valence-electron chi connectivity index (χ0n) is 7.69. The van der Waals surface area contributed by atoms with E-state index in [0.717, 1.165) is 11.3 Å². The molecule has 2 aromatic rings. The zero-order chi connectivity index (χ0) is 9.97. The minimum absolute atomic E-state index is 0.109. The average Bonchev–Trinajstić information content (AvgIpc) is 2.19. The summed E-state index contributed by atoms with van der Waals surface area (Å²) in [7, 11) is 0. The fourth-order valence-electron chi connectivity index (χ4n) is 1.26. The van der Waals surface area contributed by atoms with Gasteiger partial charge in [0.25, 0.3) is 0 Å². The van der Waals surface area contributed by atoms with Gasteiger partial charge in [0.1, 0.15) is 0 Å². The van der Waals surface area contributed by atoms with Crippen LogP contribution in [0.2, 0.25) is 0 Å². The number of H-pyrrole nitrogens is 1. The van der Waals surface area contributed by atoms with Crippen molar-refractivity contribution in [2.45, 2.75) is 6.92 Å². The van der Waals surface area contributed by atoms with Gasteiger partial charge >= 0.3 is 0 Å². The maximum Gasteiger partial charge on any atom is 0.248 e. The Labute approximate surface area is 80.7 Å². The number of rotatable bonds is 1. The second kappa shape index (κ2) is 3.41. The van der Waals surface area contributed by atoms with Gasteiger partial charge in [-0.25, -0.2) is 9.97 Å². The lowest BCUT2D eigenvalue weighted by Crippen LogP contribution is -2.06. The first-order valence-electron chi connectivity index (χ1n) is 4.25. The number of aromatic nitrogens is 3. The topological polar surface area (TPSA) is 58.6 Å². The Morgan fingerprint density at radius 1 is 1.21 bits per heavy atom. The minimum atomic E-state index is -0.109. The largest absolute Gasteiger partial charge is 0.326 e. The molecule has 0 aliphatic heterocycles. The van der Waals surface area contributed by atoms with Gasteiger partial charge in [0.05, 0.1) is 0 Å². The quantitative estimate of drug-likeness (QED) is 0.728. The number of nitrogens with zero attached hydrogens (tertiary/aromatic N) is 2. The van der Waals surface area contributed by atoms with Gasteiger partial charge < -0.3 is 4.98 Å². The van der Waals surface area contributed by atoms with E-state index in [1.54, 1.807) is 24.5 Å². The monoisotopic (exact) mass is 187 g/mol. The first kappa shape index (κ1) is 8.62. The van der Waals surface area contributed by atoms with Crippen LogP contribution in [-0.2, 0) is 0 Å². The number of hydrogen-bond acceptors (Lipinski definition) is 3. The van der Waals surface area contributed by atoms with Gasteiger partial charge in [-0.2, -0.15) is 0 Å². The van der Waals surface area contributed by atoms with Crippen LogP contribution < -0.4 is 5.56 Å². The van der Waals surface area contributed by atoms with Crippen molar-refractivity contribution >= 4 is 0 Å². The highest BCUT2D eigenvalue weighted by molar-refractivity contribution is 5.56. The molecule has 2 rings (SSSR count). The predicted molar refractivity (Wildman–Crippen MR) is 52.8 cm³/mol. The Morgan fingerprint density at radius 2 is 1.93 bits per heavy atom. The van der Waals surface area contributed by atoms with Gasteiger partial charge in [-0.15, -0.1) is 0 Å². The molecule has 0 atom stereocenters. The van der Waals surface area contributed by atoms with E-state index in [9.17, 15) is 4.79 Å². The number of aromatic amines is 1. The molecule has 0 radical (unpaired) electrons. The Balaban J connectivity index is 2.58. The molecule has 0 saturated heterocycles. The number of nitrogens with one attached hydrogen (secondary N) is 1. The molecule has 70 valence electrons. The van der Waals surface area contributed by atoms with Gasteiger partial charge in [-0.05, 0) is 19.1 Å². The van der Waals surface area contributed by atoms with E-state index in [-0.39, 0.29) is 5.56 Å². The lowest BCUT2D eigenvalue weighted by Gasteiger charge is -2.01. The molecule has 0 fully saturated rings. The summed E-state index contributed by atoms with van der Waals surface area (Å²) < 4.78 is 0. The van der Waals surface area contributed by atoms with Crippen LogP contribution in [-0.4, -0.2) is 15.0 Å². The van der Waals surface area contributed by atoms with Crippen LogP contribution in [0, 0.1) is 6.92 Å². The maximum absolute atomic E-state index is 11.0. The summed E-state index contributed by atoms with van der Waals surface area (Å²) in [4.78, 5) is 21.9. The van der Waals surface area contributed by atoms with Crippen molar-refractivity contribution in [3.8, 4) is 11.4 Å². The summed E-state index contributed by atoms with van der Waals surface area (Å²) in [5.74, 6) is 0.626. The molecule has 0 aliphatic rings. The summed E-state index contributed by atoms with van der Waals surface area (Å²) in [6, 6.07) is 4.95. The van der Waals surface area contributed by atoms with E-state index in [4.69, 9.17) is 0 Å². The van der Waals surface area contributed by atoms with E-state index in [1.807, 2.05) is 6.92 Å². The van der Waals surface area contributed by atoms with E-state index >= 15 is 0 Å². The maximum atomic E-state index is 11.0. The molecule has 0 aromatic carbocycles. The summed E-state index contributed by atoms with van der Waals surface area (Å²) in [6.07, 6.45) is 3.35. The van der Waals surface area contributed by atoms with Gasteiger partial charge in [0.15, 0.2) is 5.82 Å². The molecule has 0 unspecified atom stereocenters. The first-order valence-corrected chi connectivity index (χ1v) is 4.25. The summed E-state index contributed by atoms with van der Waals surface area (Å²) in [5, 5.41) is 0. The van der Waals surface area contributed by atoms with E-state index < -0.39 is 0 Å².